The molecular weight excluding hydrogens is 462 g/mol. The maximum absolute atomic E-state index is 12.8. The van der Waals surface area contributed by atoms with Crippen molar-refractivity contribution in [3.63, 3.8) is 0 Å². The summed E-state index contributed by atoms with van der Waals surface area (Å²) in [5, 5.41) is 11.2. The fourth-order valence-electron chi connectivity index (χ4n) is 4.22. The van der Waals surface area contributed by atoms with E-state index in [0.717, 1.165) is 38.8 Å². The number of esters is 1. The lowest BCUT2D eigenvalue weighted by Gasteiger charge is -2.20. The van der Waals surface area contributed by atoms with E-state index in [9.17, 15) is 28.1 Å². The van der Waals surface area contributed by atoms with Gasteiger partial charge in [0.25, 0.3) is 5.69 Å². The molecule has 0 spiro atoms. The molecule has 0 aromatic heterocycles. The summed E-state index contributed by atoms with van der Waals surface area (Å²) < 4.78 is 31.9. The molecule has 2 aromatic rings. The first-order chi connectivity index (χ1) is 16.3. The number of benzene rings is 2. The molecule has 2 aliphatic rings. The SMILES string of the molecule is O=C(COC(=O)c1cc([N+](=O)[O-])ccc1N1CCCC1)c1ccc(S(=O)(=O)N2CCCC2)cc1. The van der Waals surface area contributed by atoms with E-state index in [1.54, 1.807) is 0 Å². The fourth-order valence-corrected chi connectivity index (χ4v) is 5.73. The molecule has 0 N–H and O–H groups in total. The van der Waals surface area contributed by atoms with Crippen molar-refractivity contribution in [1.29, 1.82) is 0 Å². The van der Waals surface area contributed by atoms with Gasteiger partial charge in [0.1, 0.15) is 0 Å². The second-order valence-electron chi connectivity index (χ2n) is 8.29. The van der Waals surface area contributed by atoms with Crippen molar-refractivity contribution in [3.05, 3.63) is 63.7 Å². The summed E-state index contributed by atoms with van der Waals surface area (Å²) in [6.07, 6.45) is 3.55. The van der Waals surface area contributed by atoms with E-state index in [1.165, 1.54) is 46.8 Å². The second-order valence-corrected chi connectivity index (χ2v) is 10.2. The number of nitro groups is 1. The van der Waals surface area contributed by atoms with Gasteiger partial charge in [0, 0.05) is 43.9 Å². The number of nitrogens with zero attached hydrogens (tertiary/aromatic N) is 3. The van der Waals surface area contributed by atoms with Crippen molar-refractivity contribution in [2.24, 2.45) is 0 Å². The Bertz CT molecular complexity index is 1200. The largest absolute Gasteiger partial charge is 0.454 e. The molecule has 180 valence electrons. The molecule has 2 fully saturated rings. The third-order valence-electron chi connectivity index (χ3n) is 6.07. The van der Waals surface area contributed by atoms with Crippen LogP contribution in [0.2, 0.25) is 0 Å². The number of carbonyl (C=O) groups is 2. The Balaban J connectivity index is 1.45. The summed E-state index contributed by atoms with van der Waals surface area (Å²) in [7, 11) is -3.59. The van der Waals surface area contributed by atoms with Gasteiger partial charge in [0.15, 0.2) is 12.4 Å². The lowest BCUT2D eigenvalue weighted by Crippen LogP contribution is -2.27. The topological polar surface area (TPSA) is 127 Å². The minimum absolute atomic E-state index is 0.0379. The Morgan fingerprint density at radius 1 is 0.941 bits per heavy atom. The predicted octanol–water partition coefficient (Wildman–Crippen LogP) is 3.02. The van der Waals surface area contributed by atoms with Crippen molar-refractivity contribution >= 4 is 33.2 Å². The molecule has 2 aliphatic heterocycles. The molecule has 10 nitrogen and oxygen atoms in total. The number of hydrogen-bond acceptors (Lipinski definition) is 8. The summed E-state index contributed by atoms with van der Waals surface area (Å²) in [4.78, 5) is 38.0. The highest BCUT2D eigenvalue weighted by Gasteiger charge is 2.27. The van der Waals surface area contributed by atoms with E-state index in [1.807, 2.05) is 4.90 Å². The zero-order valence-electron chi connectivity index (χ0n) is 18.5. The smallest absolute Gasteiger partial charge is 0.340 e. The van der Waals surface area contributed by atoms with Crippen LogP contribution in [-0.2, 0) is 14.8 Å². The number of Topliss-reactive ketones (excluding diaryl/α,β-unsaturated/α-hetero) is 1. The molecular formula is C23H25N3O7S. The van der Waals surface area contributed by atoms with Gasteiger partial charge in [-0.05, 0) is 56.0 Å². The van der Waals surface area contributed by atoms with Crippen LogP contribution in [0, 0.1) is 10.1 Å². The van der Waals surface area contributed by atoms with Gasteiger partial charge in [-0.1, -0.05) is 0 Å². The van der Waals surface area contributed by atoms with Gasteiger partial charge in [-0.25, -0.2) is 13.2 Å². The van der Waals surface area contributed by atoms with Gasteiger partial charge in [-0.3, -0.25) is 14.9 Å². The number of anilines is 1. The average molecular weight is 488 g/mol. The van der Waals surface area contributed by atoms with Crippen LogP contribution in [0.4, 0.5) is 11.4 Å². The van der Waals surface area contributed by atoms with Crippen LogP contribution in [-0.4, -0.2) is 62.2 Å². The first-order valence-electron chi connectivity index (χ1n) is 11.1. The van der Waals surface area contributed by atoms with Gasteiger partial charge in [-0.15, -0.1) is 0 Å². The monoisotopic (exact) mass is 487 g/mol. The number of ether oxygens (including phenoxy) is 1. The molecule has 0 aliphatic carbocycles. The van der Waals surface area contributed by atoms with Crippen LogP contribution in [0.5, 0.6) is 0 Å². The maximum Gasteiger partial charge on any atom is 0.340 e. The molecule has 34 heavy (non-hydrogen) atoms. The molecule has 2 heterocycles. The van der Waals surface area contributed by atoms with Crippen LogP contribution < -0.4 is 4.90 Å². The quantitative estimate of drug-likeness (QED) is 0.241. The standard InChI is InChI=1S/C23H25N3O7S/c27-22(17-5-8-19(9-6-17)34(31,32)25-13-3-4-14-25)16-33-23(28)20-15-18(26(29)30)7-10-21(20)24-11-1-2-12-24/h5-10,15H,1-4,11-14,16H2. The Hall–Kier alpha value is -3.31. The number of nitro benzene ring substituents is 1. The average Bonchev–Trinajstić information content (AvgIpc) is 3.57. The number of hydrogen-bond donors (Lipinski definition) is 0. The van der Waals surface area contributed by atoms with Crippen molar-refractivity contribution in [1.82, 2.24) is 4.31 Å². The maximum atomic E-state index is 12.8. The molecule has 2 saturated heterocycles. The first kappa shape index (κ1) is 23.8. The zero-order valence-corrected chi connectivity index (χ0v) is 19.3. The van der Waals surface area contributed by atoms with E-state index >= 15 is 0 Å². The summed E-state index contributed by atoms with van der Waals surface area (Å²) in [5.74, 6) is -1.33. The number of ketones is 1. The molecule has 0 radical (unpaired) electrons. The Labute approximate surface area is 197 Å². The zero-order chi connectivity index (χ0) is 24.3. The fraction of sp³-hybridized carbons (Fsp3) is 0.391. The lowest BCUT2D eigenvalue weighted by atomic mass is 10.1. The van der Waals surface area contributed by atoms with Crippen LogP contribution in [0.1, 0.15) is 46.4 Å². The minimum atomic E-state index is -3.59. The number of rotatable bonds is 8. The highest BCUT2D eigenvalue weighted by Crippen LogP contribution is 2.29. The Kier molecular flexibility index (Phi) is 6.94. The first-order valence-corrected chi connectivity index (χ1v) is 12.6. The van der Waals surface area contributed by atoms with E-state index in [0.29, 0.717) is 18.8 Å². The van der Waals surface area contributed by atoms with Gasteiger partial charge < -0.3 is 9.64 Å². The summed E-state index contributed by atoms with van der Waals surface area (Å²) in [5.41, 5.74) is 0.538. The normalized spacial score (nSPS) is 16.5. The van der Waals surface area contributed by atoms with E-state index < -0.39 is 33.3 Å². The van der Waals surface area contributed by atoms with Crippen LogP contribution in [0.3, 0.4) is 0 Å². The van der Waals surface area contributed by atoms with Gasteiger partial charge >= 0.3 is 5.97 Å². The Morgan fingerprint density at radius 2 is 1.56 bits per heavy atom. The molecule has 2 aromatic carbocycles. The summed E-state index contributed by atoms with van der Waals surface area (Å²) >= 11 is 0. The van der Waals surface area contributed by atoms with Crippen LogP contribution >= 0.6 is 0 Å². The number of sulfonamides is 1. The number of non-ortho nitro benzene ring substituents is 1. The summed E-state index contributed by atoms with van der Waals surface area (Å²) in [6, 6.07) is 9.56. The second kappa shape index (κ2) is 9.90. The van der Waals surface area contributed by atoms with Crippen molar-refractivity contribution in [3.8, 4) is 0 Å². The molecule has 0 unspecified atom stereocenters. The summed E-state index contributed by atoms with van der Waals surface area (Å²) in [6.45, 7) is 1.85. The molecule has 0 atom stereocenters. The predicted molar refractivity (Wildman–Crippen MR) is 124 cm³/mol. The van der Waals surface area contributed by atoms with Crippen molar-refractivity contribution in [2.45, 2.75) is 30.6 Å². The van der Waals surface area contributed by atoms with Gasteiger partial charge in [0.2, 0.25) is 10.0 Å². The van der Waals surface area contributed by atoms with Gasteiger partial charge in [0.05, 0.1) is 21.1 Å². The third-order valence-corrected chi connectivity index (χ3v) is 7.98. The highest BCUT2D eigenvalue weighted by molar-refractivity contribution is 7.89. The molecule has 0 bridgehead atoms. The van der Waals surface area contributed by atoms with Crippen molar-refractivity contribution < 1.29 is 27.7 Å². The van der Waals surface area contributed by atoms with E-state index in [4.69, 9.17) is 4.74 Å². The molecule has 11 heteroatoms. The van der Waals surface area contributed by atoms with Crippen LogP contribution in [0.15, 0.2) is 47.4 Å². The Morgan fingerprint density at radius 3 is 2.18 bits per heavy atom. The number of carbonyl (C=O) groups excluding carboxylic acids is 2. The lowest BCUT2D eigenvalue weighted by molar-refractivity contribution is -0.384. The highest BCUT2D eigenvalue weighted by atomic mass is 32.2. The third kappa shape index (κ3) is 4.95. The molecule has 0 saturated carbocycles. The minimum Gasteiger partial charge on any atom is -0.454 e. The van der Waals surface area contributed by atoms with Gasteiger partial charge in [-0.2, -0.15) is 4.31 Å². The molecule has 0 amide bonds. The van der Waals surface area contributed by atoms with E-state index in [2.05, 4.69) is 0 Å². The van der Waals surface area contributed by atoms with Crippen molar-refractivity contribution in [2.75, 3.05) is 37.7 Å². The van der Waals surface area contributed by atoms with Crippen LogP contribution in [0.25, 0.3) is 0 Å². The van der Waals surface area contributed by atoms with E-state index in [-0.39, 0.29) is 21.7 Å². The molecule has 4 rings (SSSR count).